The predicted molar refractivity (Wildman–Crippen MR) is 118 cm³/mol. The molecule has 0 saturated heterocycles. The highest BCUT2D eigenvalue weighted by atomic mass is 79.9. The van der Waals surface area contributed by atoms with Gasteiger partial charge < -0.3 is 10.6 Å². The molecule has 28 heavy (non-hydrogen) atoms. The van der Waals surface area contributed by atoms with Crippen molar-refractivity contribution in [2.24, 2.45) is 0 Å². The molecule has 3 rings (SSSR count). The zero-order valence-corrected chi connectivity index (χ0v) is 17.9. The highest BCUT2D eigenvalue weighted by Crippen LogP contribution is 2.30. The lowest BCUT2D eigenvalue weighted by Gasteiger charge is -2.10. The zero-order chi connectivity index (χ0) is 20.1. The zero-order valence-electron chi connectivity index (χ0n) is 15.5. The highest BCUT2D eigenvalue weighted by Gasteiger charge is 2.08. The number of hydrogen-bond donors (Lipinski definition) is 2. The Balaban J connectivity index is 1.75. The maximum Gasteiger partial charge on any atom is 0.247 e. The standard InChI is InChI=1S/C21H19BrN4OS/c1-4-19(27)24-15-7-9-17(10-8-15)28-20-14(3)12-23-21(26-20)25-16-6-5-13(2)18(22)11-16/h4-12H,1H2,2-3H3,(H,24,27)(H,23,25,26). The summed E-state index contributed by atoms with van der Waals surface area (Å²) in [5, 5.41) is 6.84. The van der Waals surface area contributed by atoms with Crippen LogP contribution in [0.1, 0.15) is 11.1 Å². The topological polar surface area (TPSA) is 66.9 Å². The highest BCUT2D eigenvalue weighted by molar-refractivity contribution is 9.10. The summed E-state index contributed by atoms with van der Waals surface area (Å²) < 4.78 is 1.03. The Morgan fingerprint density at radius 1 is 1.11 bits per heavy atom. The van der Waals surface area contributed by atoms with E-state index in [2.05, 4.69) is 43.1 Å². The minimum Gasteiger partial charge on any atom is -0.324 e. The molecule has 1 heterocycles. The fraction of sp³-hybridized carbons (Fsp3) is 0.0952. The molecule has 0 spiro atoms. The number of anilines is 3. The lowest BCUT2D eigenvalue weighted by molar-refractivity contribution is -0.111. The van der Waals surface area contributed by atoms with E-state index in [1.807, 2.05) is 56.3 Å². The SMILES string of the molecule is C=CC(=O)Nc1ccc(Sc2nc(Nc3ccc(C)c(Br)c3)ncc2C)cc1. The Bertz CT molecular complexity index is 1020. The van der Waals surface area contributed by atoms with Gasteiger partial charge in [-0.25, -0.2) is 9.97 Å². The lowest BCUT2D eigenvalue weighted by Crippen LogP contribution is -2.06. The second-order valence-electron chi connectivity index (χ2n) is 6.09. The van der Waals surface area contributed by atoms with Crippen LogP contribution >= 0.6 is 27.7 Å². The quantitative estimate of drug-likeness (QED) is 0.359. The van der Waals surface area contributed by atoms with E-state index < -0.39 is 0 Å². The molecule has 0 saturated carbocycles. The number of aromatic nitrogens is 2. The van der Waals surface area contributed by atoms with Gasteiger partial charge in [0.15, 0.2) is 0 Å². The van der Waals surface area contributed by atoms with Gasteiger partial charge in [-0.1, -0.05) is 40.3 Å². The van der Waals surface area contributed by atoms with E-state index >= 15 is 0 Å². The molecule has 142 valence electrons. The van der Waals surface area contributed by atoms with Crippen LogP contribution in [0.2, 0.25) is 0 Å². The number of carbonyl (C=O) groups is 1. The van der Waals surface area contributed by atoms with Crippen LogP contribution in [0.4, 0.5) is 17.3 Å². The maximum absolute atomic E-state index is 11.4. The Morgan fingerprint density at radius 2 is 1.82 bits per heavy atom. The number of halogens is 1. The molecule has 3 aromatic rings. The fourth-order valence-corrected chi connectivity index (χ4v) is 3.52. The van der Waals surface area contributed by atoms with Crippen LogP contribution in [0.5, 0.6) is 0 Å². The largest absolute Gasteiger partial charge is 0.324 e. The number of aryl methyl sites for hydroxylation is 2. The number of nitrogens with one attached hydrogen (secondary N) is 2. The van der Waals surface area contributed by atoms with E-state index in [0.717, 1.165) is 31.3 Å². The summed E-state index contributed by atoms with van der Waals surface area (Å²) in [4.78, 5) is 21.4. The van der Waals surface area contributed by atoms with Crippen molar-refractivity contribution in [1.29, 1.82) is 0 Å². The van der Waals surface area contributed by atoms with Crippen molar-refractivity contribution in [2.75, 3.05) is 10.6 Å². The summed E-state index contributed by atoms with van der Waals surface area (Å²) in [5.41, 5.74) is 3.80. The van der Waals surface area contributed by atoms with Gasteiger partial charge in [0.2, 0.25) is 11.9 Å². The fourth-order valence-electron chi connectivity index (χ4n) is 2.30. The third kappa shape index (κ3) is 5.21. The summed E-state index contributed by atoms with van der Waals surface area (Å²) in [6.07, 6.45) is 3.05. The molecule has 0 unspecified atom stereocenters. The number of amides is 1. The predicted octanol–water partition coefficient (Wildman–Crippen LogP) is 5.88. The molecular formula is C21H19BrN4OS. The number of nitrogens with zero attached hydrogens (tertiary/aromatic N) is 2. The summed E-state index contributed by atoms with van der Waals surface area (Å²) in [5.74, 6) is 0.309. The second kappa shape index (κ2) is 9.03. The van der Waals surface area contributed by atoms with Gasteiger partial charge in [0.25, 0.3) is 0 Å². The number of benzene rings is 2. The van der Waals surface area contributed by atoms with Gasteiger partial charge in [-0.15, -0.1) is 0 Å². The molecule has 1 amide bonds. The first-order chi connectivity index (χ1) is 13.4. The van der Waals surface area contributed by atoms with Crippen molar-refractivity contribution >= 4 is 50.9 Å². The smallest absolute Gasteiger partial charge is 0.247 e. The maximum atomic E-state index is 11.4. The van der Waals surface area contributed by atoms with Gasteiger partial charge in [-0.3, -0.25) is 4.79 Å². The molecule has 1 aromatic heterocycles. The Labute approximate surface area is 176 Å². The molecule has 0 aliphatic rings. The van der Waals surface area contributed by atoms with Crippen LogP contribution < -0.4 is 10.6 Å². The average Bonchev–Trinajstić information content (AvgIpc) is 2.69. The Kier molecular flexibility index (Phi) is 6.49. The minimum atomic E-state index is -0.231. The van der Waals surface area contributed by atoms with Gasteiger partial charge in [0.1, 0.15) is 5.03 Å². The van der Waals surface area contributed by atoms with Gasteiger partial charge >= 0.3 is 0 Å². The third-order valence-electron chi connectivity index (χ3n) is 3.88. The van der Waals surface area contributed by atoms with Crippen LogP contribution in [0.3, 0.4) is 0 Å². The summed E-state index contributed by atoms with van der Waals surface area (Å²) >= 11 is 5.08. The van der Waals surface area contributed by atoms with Crippen molar-refractivity contribution < 1.29 is 4.79 Å². The Hall–Kier alpha value is -2.64. The number of rotatable bonds is 6. The molecule has 0 aliphatic carbocycles. The first kappa shape index (κ1) is 20.1. The van der Waals surface area contributed by atoms with Crippen molar-refractivity contribution in [3.8, 4) is 0 Å². The molecule has 0 aliphatic heterocycles. The second-order valence-corrected chi connectivity index (χ2v) is 8.01. The normalized spacial score (nSPS) is 10.4. The van der Waals surface area contributed by atoms with E-state index in [9.17, 15) is 4.79 Å². The summed E-state index contributed by atoms with van der Waals surface area (Å²) in [6.45, 7) is 7.47. The van der Waals surface area contributed by atoms with Gasteiger partial charge in [-0.05, 0) is 61.9 Å². The molecule has 0 atom stereocenters. The summed E-state index contributed by atoms with van der Waals surface area (Å²) in [7, 11) is 0. The van der Waals surface area contributed by atoms with Gasteiger partial charge in [-0.2, -0.15) is 0 Å². The van der Waals surface area contributed by atoms with E-state index in [0.29, 0.717) is 5.95 Å². The molecule has 2 aromatic carbocycles. The van der Waals surface area contributed by atoms with Crippen molar-refractivity contribution in [3.05, 3.63) is 76.9 Å². The van der Waals surface area contributed by atoms with Gasteiger partial charge in [0, 0.05) is 32.5 Å². The molecule has 7 heteroatoms. The Morgan fingerprint density at radius 3 is 2.50 bits per heavy atom. The number of hydrogen-bond acceptors (Lipinski definition) is 5. The van der Waals surface area contributed by atoms with Gasteiger partial charge in [0.05, 0.1) is 0 Å². The minimum absolute atomic E-state index is 0.231. The van der Waals surface area contributed by atoms with Crippen LogP contribution in [-0.4, -0.2) is 15.9 Å². The number of carbonyl (C=O) groups excluding carboxylic acids is 1. The van der Waals surface area contributed by atoms with E-state index in [1.54, 1.807) is 18.0 Å². The van der Waals surface area contributed by atoms with Crippen molar-refractivity contribution in [3.63, 3.8) is 0 Å². The van der Waals surface area contributed by atoms with Crippen LogP contribution in [0, 0.1) is 13.8 Å². The van der Waals surface area contributed by atoms with E-state index in [-0.39, 0.29) is 5.91 Å². The molecular weight excluding hydrogens is 436 g/mol. The first-order valence-corrected chi connectivity index (χ1v) is 10.1. The third-order valence-corrected chi connectivity index (χ3v) is 5.84. The molecule has 0 fully saturated rings. The summed E-state index contributed by atoms with van der Waals surface area (Å²) in [6, 6.07) is 13.6. The molecule has 0 bridgehead atoms. The molecule has 0 radical (unpaired) electrons. The van der Waals surface area contributed by atoms with E-state index in [1.165, 1.54) is 11.6 Å². The van der Waals surface area contributed by atoms with Crippen LogP contribution in [0.15, 0.2) is 75.7 Å². The monoisotopic (exact) mass is 454 g/mol. The van der Waals surface area contributed by atoms with Crippen LogP contribution in [0.25, 0.3) is 0 Å². The van der Waals surface area contributed by atoms with E-state index in [4.69, 9.17) is 0 Å². The van der Waals surface area contributed by atoms with Crippen LogP contribution in [-0.2, 0) is 4.79 Å². The van der Waals surface area contributed by atoms with Crippen molar-refractivity contribution in [1.82, 2.24) is 9.97 Å². The first-order valence-electron chi connectivity index (χ1n) is 8.53. The molecule has 2 N–H and O–H groups in total. The van der Waals surface area contributed by atoms with Crippen molar-refractivity contribution in [2.45, 2.75) is 23.8 Å². The average molecular weight is 455 g/mol. The molecule has 5 nitrogen and oxygen atoms in total. The lowest BCUT2D eigenvalue weighted by atomic mass is 10.2.